The highest BCUT2D eigenvalue weighted by molar-refractivity contribution is 5.84. The van der Waals surface area contributed by atoms with Crippen molar-refractivity contribution in [3.8, 4) is 5.75 Å². The molecule has 76 valence electrons. The Morgan fingerprint density at radius 3 is 3.07 bits per heavy atom. The fourth-order valence-corrected chi connectivity index (χ4v) is 2.20. The summed E-state index contributed by atoms with van der Waals surface area (Å²) in [6.07, 6.45) is 2.12. The molecule has 2 heteroatoms. The van der Waals surface area contributed by atoms with Gasteiger partial charge in [-0.15, -0.1) is 0 Å². The number of hydrogen-bond donors (Lipinski definition) is 0. The van der Waals surface area contributed by atoms with Crippen molar-refractivity contribution in [3.63, 3.8) is 0 Å². The van der Waals surface area contributed by atoms with Crippen LogP contribution in [0.2, 0.25) is 0 Å². The molecule has 1 aromatic carbocycles. The molecule has 0 atom stereocenters. The van der Waals surface area contributed by atoms with Gasteiger partial charge in [0.2, 0.25) is 0 Å². The van der Waals surface area contributed by atoms with Crippen molar-refractivity contribution in [2.24, 2.45) is 0 Å². The largest absolute Gasteiger partial charge is 0.491 e. The zero-order valence-corrected chi connectivity index (χ0v) is 8.79. The van der Waals surface area contributed by atoms with E-state index >= 15 is 0 Å². The van der Waals surface area contributed by atoms with Gasteiger partial charge in [0.1, 0.15) is 5.75 Å². The number of aromatic nitrogens is 1. The van der Waals surface area contributed by atoms with E-state index in [1.54, 1.807) is 0 Å². The van der Waals surface area contributed by atoms with E-state index in [-0.39, 0.29) is 0 Å². The van der Waals surface area contributed by atoms with Crippen LogP contribution < -0.4 is 4.74 Å². The highest BCUT2D eigenvalue weighted by Gasteiger charge is 2.16. The topological polar surface area (TPSA) is 22.1 Å². The van der Waals surface area contributed by atoms with E-state index in [9.17, 15) is 0 Å². The number of rotatable bonds is 0. The SMILES string of the molecule is Cc1c2c(nc3ccccc13)CCCO2. The molecular formula is C13H13NO. The second-order valence-corrected chi connectivity index (χ2v) is 3.98. The Morgan fingerprint density at radius 2 is 2.13 bits per heavy atom. The Kier molecular flexibility index (Phi) is 1.88. The minimum atomic E-state index is 0.827. The number of ether oxygens (including phenoxy) is 1. The van der Waals surface area contributed by atoms with Crippen LogP contribution in [0.3, 0.4) is 0 Å². The zero-order chi connectivity index (χ0) is 10.3. The average molecular weight is 199 g/mol. The average Bonchev–Trinajstić information content (AvgIpc) is 2.30. The third-order valence-electron chi connectivity index (χ3n) is 2.97. The normalized spacial score (nSPS) is 14.7. The number of nitrogens with zero attached hydrogens (tertiary/aromatic N) is 1. The van der Waals surface area contributed by atoms with Crippen molar-refractivity contribution in [3.05, 3.63) is 35.5 Å². The van der Waals surface area contributed by atoms with E-state index < -0.39 is 0 Å². The molecule has 1 aliphatic heterocycles. The van der Waals surface area contributed by atoms with Crippen LogP contribution in [0.1, 0.15) is 17.7 Å². The van der Waals surface area contributed by atoms with Gasteiger partial charge in [-0.3, -0.25) is 0 Å². The molecule has 1 aliphatic rings. The van der Waals surface area contributed by atoms with E-state index in [0.717, 1.165) is 36.4 Å². The molecule has 0 spiro atoms. The van der Waals surface area contributed by atoms with Gasteiger partial charge in [-0.1, -0.05) is 18.2 Å². The van der Waals surface area contributed by atoms with Gasteiger partial charge in [-0.2, -0.15) is 0 Å². The first-order valence-electron chi connectivity index (χ1n) is 5.37. The fraction of sp³-hybridized carbons (Fsp3) is 0.308. The highest BCUT2D eigenvalue weighted by atomic mass is 16.5. The van der Waals surface area contributed by atoms with Gasteiger partial charge in [0, 0.05) is 10.9 Å². The van der Waals surface area contributed by atoms with Crippen molar-refractivity contribution in [1.29, 1.82) is 0 Å². The van der Waals surface area contributed by atoms with Gasteiger partial charge < -0.3 is 4.74 Å². The predicted molar refractivity (Wildman–Crippen MR) is 60.3 cm³/mol. The van der Waals surface area contributed by atoms with Crippen LogP contribution in [-0.4, -0.2) is 11.6 Å². The van der Waals surface area contributed by atoms with Gasteiger partial charge in [0.05, 0.1) is 17.8 Å². The first-order chi connectivity index (χ1) is 7.36. The minimum Gasteiger partial charge on any atom is -0.491 e. The Hall–Kier alpha value is -1.57. The van der Waals surface area contributed by atoms with Gasteiger partial charge in [-0.25, -0.2) is 4.98 Å². The first kappa shape index (κ1) is 8.72. The molecule has 0 amide bonds. The molecule has 0 aliphatic carbocycles. The van der Waals surface area contributed by atoms with Crippen LogP contribution >= 0.6 is 0 Å². The maximum absolute atomic E-state index is 5.70. The first-order valence-corrected chi connectivity index (χ1v) is 5.37. The molecule has 0 fully saturated rings. The highest BCUT2D eigenvalue weighted by Crippen LogP contribution is 2.32. The maximum Gasteiger partial charge on any atom is 0.144 e. The Morgan fingerprint density at radius 1 is 1.27 bits per heavy atom. The molecule has 0 saturated heterocycles. The lowest BCUT2D eigenvalue weighted by Gasteiger charge is -2.19. The van der Waals surface area contributed by atoms with Crippen molar-refractivity contribution in [2.75, 3.05) is 6.61 Å². The van der Waals surface area contributed by atoms with Crippen molar-refractivity contribution < 1.29 is 4.74 Å². The number of para-hydroxylation sites is 1. The number of aryl methyl sites for hydroxylation is 2. The lowest BCUT2D eigenvalue weighted by Crippen LogP contribution is -2.11. The minimum absolute atomic E-state index is 0.827. The molecule has 2 nitrogen and oxygen atoms in total. The Labute approximate surface area is 88.9 Å². The number of pyridine rings is 1. The summed E-state index contributed by atoms with van der Waals surface area (Å²) in [5.74, 6) is 1.01. The van der Waals surface area contributed by atoms with E-state index in [1.165, 1.54) is 10.9 Å². The Bertz CT molecular complexity index is 519. The summed E-state index contributed by atoms with van der Waals surface area (Å²) in [4.78, 5) is 4.65. The van der Waals surface area contributed by atoms with Crippen molar-refractivity contribution >= 4 is 10.9 Å². The summed E-state index contributed by atoms with van der Waals surface area (Å²) in [5, 5.41) is 1.21. The van der Waals surface area contributed by atoms with E-state index in [2.05, 4.69) is 24.0 Å². The standard InChI is InChI=1S/C13H13NO/c1-9-10-5-2-3-6-11(10)14-12-7-4-8-15-13(9)12/h2-3,5-6H,4,7-8H2,1H3. The molecule has 0 bridgehead atoms. The summed E-state index contributed by atoms with van der Waals surface area (Å²) in [5.41, 5.74) is 3.44. The smallest absolute Gasteiger partial charge is 0.144 e. The number of hydrogen-bond acceptors (Lipinski definition) is 2. The van der Waals surface area contributed by atoms with Gasteiger partial charge in [0.25, 0.3) is 0 Å². The summed E-state index contributed by atoms with van der Waals surface area (Å²) in [6.45, 7) is 2.95. The third-order valence-corrected chi connectivity index (χ3v) is 2.97. The van der Waals surface area contributed by atoms with Crippen LogP contribution in [0.5, 0.6) is 5.75 Å². The lowest BCUT2D eigenvalue weighted by molar-refractivity contribution is 0.283. The summed E-state index contributed by atoms with van der Waals surface area (Å²) < 4.78 is 5.70. The second-order valence-electron chi connectivity index (χ2n) is 3.98. The molecule has 1 aromatic heterocycles. The van der Waals surface area contributed by atoms with Gasteiger partial charge >= 0.3 is 0 Å². The quantitative estimate of drug-likeness (QED) is 0.651. The van der Waals surface area contributed by atoms with Crippen LogP contribution in [0.25, 0.3) is 10.9 Å². The molecule has 0 radical (unpaired) electrons. The molecule has 15 heavy (non-hydrogen) atoms. The van der Waals surface area contributed by atoms with Crippen molar-refractivity contribution in [1.82, 2.24) is 4.98 Å². The van der Waals surface area contributed by atoms with E-state index in [0.29, 0.717) is 0 Å². The molecule has 2 aromatic rings. The molecule has 0 N–H and O–H groups in total. The summed E-state index contributed by atoms with van der Waals surface area (Å²) >= 11 is 0. The number of benzene rings is 1. The zero-order valence-electron chi connectivity index (χ0n) is 8.79. The molecule has 0 unspecified atom stereocenters. The maximum atomic E-state index is 5.70. The predicted octanol–water partition coefficient (Wildman–Crippen LogP) is 2.87. The van der Waals surface area contributed by atoms with Gasteiger partial charge in [-0.05, 0) is 25.8 Å². The number of fused-ring (bicyclic) bond motifs is 2. The Balaban J connectivity index is 2.36. The van der Waals surface area contributed by atoms with Crippen LogP contribution in [0.15, 0.2) is 24.3 Å². The van der Waals surface area contributed by atoms with E-state index in [4.69, 9.17) is 4.74 Å². The van der Waals surface area contributed by atoms with E-state index in [1.807, 2.05) is 12.1 Å². The summed E-state index contributed by atoms with van der Waals surface area (Å²) in [6, 6.07) is 8.25. The summed E-state index contributed by atoms with van der Waals surface area (Å²) in [7, 11) is 0. The van der Waals surface area contributed by atoms with Crippen LogP contribution in [-0.2, 0) is 6.42 Å². The van der Waals surface area contributed by atoms with Gasteiger partial charge in [0.15, 0.2) is 0 Å². The second kappa shape index (κ2) is 3.23. The lowest BCUT2D eigenvalue weighted by atomic mass is 10.0. The molecule has 2 heterocycles. The third kappa shape index (κ3) is 1.29. The fourth-order valence-electron chi connectivity index (χ4n) is 2.20. The van der Waals surface area contributed by atoms with Crippen molar-refractivity contribution in [2.45, 2.75) is 19.8 Å². The molecule has 0 saturated carbocycles. The monoisotopic (exact) mass is 199 g/mol. The van der Waals surface area contributed by atoms with Crippen LogP contribution in [0, 0.1) is 6.92 Å². The van der Waals surface area contributed by atoms with Crippen LogP contribution in [0.4, 0.5) is 0 Å². The molecular weight excluding hydrogens is 186 g/mol. The molecule has 3 rings (SSSR count).